The fraction of sp³-hybridized carbons (Fsp3) is 0.250. The monoisotopic (exact) mass is 301 g/mol. The Morgan fingerprint density at radius 1 is 1.41 bits per heavy atom. The summed E-state index contributed by atoms with van der Waals surface area (Å²) in [6.07, 6.45) is 1.88. The predicted molar refractivity (Wildman–Crippen MR) is 64.7 cm³/mol. The Labute approximate surface area is 106 Å². The van der Waals surface area contributed by atoms with Crippen molar-refractivity contribution in [2.75, 3.05) is 11.4 Å². The van der Waals surface area contributed by atoms with E-state index < -0.39 is 11.6 Å². The smallest absolute Gasteiger partial charge is 0.227 e. The van der Waals surface area contributed by atoms with Crippen LogP contribution < -0.4 is 4.90 Å². The summed E-state index contributed by atoms with van der Waals surface area (Å²) in [7, 11) is 0. The lowest BCUT2D eigenvalue weighted by atomic mass is 10.1. The molecule has 1 aromatic carbocycles. The van der Waals surface area contributed by atoms with Crippen molar-refractivity contribution in [2.45, 2.75) is 6.42 Å². The maximum atomic E-state index is 13.7. The van der Waals surface area contributed by atoms with E-state index in [1.165, 1.54) is 0 Å². The molecule has 1 aromatic rings. The summed E-state index contributed by atoms with van der Waals surface area (Å²) in [6.45, 7) is 3.87. The van der Waals surface area contributed by atoms with Crippen molar-refractivity contribution < 1.29 is 13.6 Å². The summed E-state index contributed by atoms with van der Waals surface area (Å²) >= 11 is 3.00. The third kappa shape index (κ3) is 2.24. The molecule has 5 heteroatoms. The second-order valence-corrected chi connectivity index (χ2v) is 4.84. The van der Waals surface area contributed by atoms with Gasteiger partial charge in [-0.1, -0.05) is 22.0 Å². The number of hydrogen-bond acceptors (Lipinski definition) is 1. The second-order valence-electron chi connectivity index (χ2n) is 3.92. The molecule has 2 nitrogen and oxygen atoms in total. The van der Waals surface area contributed by atoms with Crippen LogP contribution in [0.15, 0.2) is 29.3 Å². The molecule has 0 saturated carbocycles. The van der Waals surface area contributed by atoms with Crippen molar-refractivity contribution in [1.29, 1.82) is 0 Å². The zero-order valence-electron chi connectivity index (χ0n) is 8.92. The number of rotatable bonds is 2. The Morgan fingerprint density at radius 3 is 2.47 bits per heavy atom. The Bertz CT molecular complexity index is 466. The van der Waals surface area contributed by atoms with Crippen LogP contribution in [0.5, 0.6) is 0 Å². The molecule has 1 unspecified atom stereocenters. The third-order valence-corrected chi connectivity index (χ3v) is 3.20. The van der Waals surface area contributed by atoms with Crippen LogP contribution in [-0.2, 0) is 4.79 Å². The van der Waals surface area contributed by atoms with Gasteiger partial charge in [-0.25, -0.2) is 8.78 Å². The molecule has 0 bridgehead atoms. The molecule has 17 heavy (non-hydrogen) atoms. The van der Waals surface area contributed by atoms with Crippen LogP contribution in [0, 0.1) is 17.6 Å². The molecule has 1 heterocycles. The maximum Gasteiger partial charge on any atom is 0.227 e. The number of benzene rings is 1. The molecule has 90 valence electrons. The Kier molecular flexibility index (Phi) is 3.28. The summed E-state index contributed by atoms with van der Waals surface area (Å²) < 4.78 is 27.7. The lowest BCUT2D eigenvalue weighted by molar-refractivity contribution is -0.117. The van der Waals surface area contributed by atoms with Crippen molar-refractivity contribution in [1.82, 2.24) is 0 Å². The van der Waals surface area contributed by atoms with Gasteiger partial charge in [0.25, 0.3) is 0 Å². The molecule has 2 rings (SSSR count). The minimum atomic E-state index is -0.741. The molecule has 0 N–H and O–H groups in total. The molecular formula is C12H10BrF2NO. The number of amides is 1. The minimum Gasteiger partial charge on any atom is -0.307 e. The molecule has 0 radical (unpaired) electrons. The van der Waals surface area contributed by atoms with Gasteiger partial charge in [0.05, 0.1) is 0 Å². The molecule has 1 fully saturated rings. The van der Waals surface area contributed by atoms with Gasteiger partial charge in [-0.15, -0.1) is 6.58 Å². The molecule has 0 spiro atoms. The van der Waals surface area contributed by atoms with E-state index in [1.54, 1.807) is 6.08 Å². The highest BCUT2D eigenvalue weighted by molar-refractivity contribution is 9.10. The van der Waals surface area contributed by atoms with Crippen molar-refractivity contribution >= 4 is 27.5 Å². The van der Waals surface area contributed by atoms with Gasteiger partial charge in [0, 0.05) is 23.4 Å². The number of anilines is 1. The SMILES string of the molecule is C=CC1CC(=O)N(c2c(F)cc(Br)cc2F)C1. The highest BCUT2D eigenvalue weighted by atomic mass is 79.9. The summed E-state index contributed by atoms with van der Waals surface area (Å²) in [5.41, 5.74) is -0.275. The van der Waals surface area contributed by atoms with E-state index in [4.69, 9.17) is 0 Å². The number of carbonyl (C=O) groups excluding carboxylic acids is 1. The number of halogens is 3. The first-order valence-electron chi connectivity index (χ1n) is 5.10. The Balaban J connectivity index is 2.41. The fourth-order valence-electron chi connectivity index (χ4n) is 1.90. The van der Waals surface area contributed by atoms with Gasteiger partial charge < -0.3 is 4.90 Å². The average molecular weight is 302 g/mol. The van der Waals surface area contributed by atoms with Gasteiger partial charge in [0.15, 0.2) is 11.6 Å². The van der Waals surface area contributed by atoms with Crippen LogP contribution in [0.3, 0.4) is 0 Å². The standard InChI is InChI=1S/C12H10BrF2NO/c1-2-7-3-11(17)16(6-7)12-9(14)4-8(13)5-10(12)15/h2,4-5,7H,1,3,6H2. The fourth-order valence-corrected chi connectivity index (χ4v) is 2.30. The summed E-state index contributed by atoms with van der Waals surface area (Å²) in [5, 5.41) is 0. The maximum absolute atomic E-state index is 13.7. The molecular weight excluding hydrogens is 292 g/mol. The Morgan fingerprint density at radius 2 is 2.00 bits per heavy atom. The van der Waals surface area contributed by atoms with Gasteiger partial charge in [-0.3, -0.25) is 4.79 Å². The van der Waals surface area contributed by atoms with E-state index in [1.807, 2.05) is 0 Å². The van der Waals surface area contributed by atoms with Crippen molar-refractivity contribution in [3.8, 4) is 0 Å². The highest BCUT2D eigenvalue weighted by Gasteiger charge is 2.32. The molecule has 0 aliphatic carbocycles. The zero-order chi connectivity index (χ0) is 12.6. The van der Waals surface area contributed by atoms with Gasteiger partial charge >= 0.3 is 0 Å². The number of nitrogens with zero attached hydrogens (tertiary/aromatic N) is 1. The Hall–Kier alpha value is -1.23. The van der Waals surface area contributed by atoms with Gasteiger partial charge in [-0.2, -0.15) is 0 Å². The van der Waals surface area contributed by atoms with E-state index in [-0.39, 0.29) is 30.5 Å². The van der Waals surface area contributed by atoms with Crippen LogP contribution in [0.2, 0.25) is 0 Å². The largest absolute Gasteiger partial charge is 0.307 e. The van der Waals surface area contributed by atoms with Crippen molar-refractivity contribution in [2.24, 2.45) is 5.92 Å². The first-order chi connectivity index (χ1) is 8.02. The van der Waals surface area contributed by atoms with E-state index in [9.17, 15) is 13.6 Å². The van der Waals surface area contributed by atoms with E-state index in [2.05, 4.69) is 22.5 Å². The van der Waals surface area contributed by atoms with Crippen LogP contribution >= 0.6 is 15.9 Å². The van der Waals surface area contributed by atoms with Crippen molar-refractivity contribution in [3.63, 3.8) is 0 Å². The van der Waals surface area contributed by atoms with E-state index in [0.29, 0.717) is 4.47 Å². The predicted octanol–water partition coefficient (Wildman–Crippen LogP) is 3.27. The number of carbonyl (C=O) groups is 1. The van der Waals surface area contributed by atoms with Gasteiger partial charge in [0.1, 0.15) is 5.69 Å². The first-order valence-corrected chi connectivity index (χ1v) is 5.89. The van der Waals surface area contributed by atoms with Crippen LogP contribution in [-0.4, -0.2) is 12.5 Å². The summed E-state index contributed by atoms with van der Waals surface area (Å²) in [4.78, 5) is 12.8. The van der Waals surface area contributed by atoms with Gasteiger partial charge in [-0.05, 0) is 12.1 Å². The lowest BCUT2D eigenvalue weighted by Gasteiger charge is -2.18. The molecule has 0 aromatic heterocycles. The van der Waals surface area contributed by atoms with Crippen LogP contribution in [0.4, 0.5) is 14.5 Å². The highest BCUT2D eigenvalue weighted by Crippen LogP contribution is 2.32. The molecule has 1 aliphatic rings. The van der Waals surface area contributed by atoms with Crippen molar-refractivity contribution in [3.05, 3.63) is 40.9 Å². The topological polar surface area (TPSA) is 20.3 Å². The molecule has 1 atom stereocenters. The average Bonchev–Trinajstić information content (AvgIpc) is 2.59. The lowest BCUT2D eigenvalue weighted by Crippen LogP contribution is -2.26. The number of hydrogen-bond donors (Lipinski definition) is 0. The van der Waals surface area contributed by atoms with Crippen LogP contribution in [0.25, 0.3) is 0 Å². The molecule has 1 amide bonds. The first kappa shape index (κ1) is 12.2. The van der Waals surface area contributed by atoms with Gasteiger partial charge in [0.2, 0.25) is 5.91 Å². The molecule has 1 aliphatic heterocycles. The van der Waals surface area contributed by atoms with E-state index >= 15 is 0 Å². The normalized spacial score (nSPS) is 19.8. The minimum absolute atomic E-state index is 0.0510. The molecule has 1 saturated heterocycles. The van der Waals surface area contributed by atoms with E-state index in [0.717, 1.165) is 17.0 Å². The van der Waals surface area contributed by atoms with Crippen LogP contribution in [0.1, 0.15) is 6.42 Å². The summed E-state index contributed by atoms with van der Waals surface area (Å²) in [6, 6.07) is 2.29. The second kappa shape index (κ2) is 4.56. The summed E-state index contributed by atoms with van der Waals surface area (Å²) in [5.74, 6) is -1.81. The third-order valence-electron chi connectivity index (χ3n) is 2.74. The quantitative estimate of drug-likeness (QED) is 0.768. The zero-order valence-corrected chi connectivity index (χ0v) is 10.5.